The van der Waals surface area contributed by atoms with E-state index in [0.717, 1.165) is 57.9 Å². The molecule has 252 valence electrons. The average Bonchev–Trinajstić information content (AvgIpc) is 3.47. The van der Waals surface area contributed by atoms with Crippen molar-refractivity contribution < 1.29 is 23.5 Å². The summed E-state index contributed by atoms with van der Waals surface area (Å²) >= 11 is 0. The van der Waals surface area contributed by atoms with Crippen molar-refractivity contribution in [2.75, 3.05) is 69.2 Å². The molecule has 0 aliphatic carbocycles. The lowest BCUT2D eigenvalue weighted by Gasteiger charge is -2.43. The first-order chi connectivity index (χ1) is 23.4. The number of carbonyl (C=O) groups excluding carboxylic acids is 2. The Balaban J connectivity index is 0.000000510. The molecule has 5 heterocycles. The molecule has 2 N–H and O–H groups in total. The van der Waals surface area contributed by atoms with Crippen LogP contribution in [-0.4, -0.2) is 114 Å². The Bertz CT molecular complexity index is 1610. The molecule has 3 aromatic rings. The molecule has 2 amide bonds. The van der Waals surface area contributed by atoms with Gasteiger partial charge in [0.25, 0.3) is 5.91 Å². The number of piperidine rings is 1. The summed E-state index contributed by atoms with van der Waals surface area (Å²) < 4.78 is 23.5. The highest BCUT2D eigenvalue weighted by atomic mass is 19.1. The average molecular weight is 658 g/mol. The summed E-state index contributed by atoms with van der Waals surface area (Å²) in [6, 6.07) is 16.5. The molecule has 7 rings (SSSR count). The predicted molar refractivity (Wildman–Crippen MR) is 176 cm³/mol. The summed E-state index contributed by atoms with van der Waals surface area (Å²) in [4.78, 5) is 41.1. The van der Waals surface area contributed by atoms with Crippen molar-refractivity contribution in [2.24, 2.45) is 5.92 Å². The number of carbonyl (C=O) groups is 2. The maximum Gasteiger partial charge on any atom is 0.254 e. The number of nitrogens with one attached hydrogen (secondary N) is 2. The second-order valence-corrected chi connectivity index (χ2v) is 12.4. The van der Waals surface area contributed by atoms with Crippen molar-refractivity contribution in [1.82, 2.24) is 30.1 Å². The van der Waals surface area contributed by atoms with Crippen molar-refractivity contribution >= 4 is 29.6 Å². The molecule has 0 bridgehead atoms. The van der Waals surface area contributed by atoms with Crippen molar-refractivity contribution in [1.29, 1.82) is 5.26 Å². The third-order valence-electron chi connectivity index (χ3n) is 9.14. The van der Waals surface area contributed by atoms with Crippen molar-refractivity contribution in [3.63, 3.8) is 0 Å². The molecule has 2 aromatic carbocycles. The summed E-state index contributed by atoms with van der Waals surface area (Å²) in [6.07, 6.45) is 2.12. The molecule has 4 aliphatic heterocycles. The smallest absolute Gasteiger partial charge is 0.254 e. The van der Waals surface area contributed by atoms with Crippen molar-refractivity contribution in [3.05, 3.63) is 54.4 Å². The SMILES string of the molecule is C[C@@H]1CN(C=O)CC[C@@H]1Oc1ccc(-c2ncnc(Nc3ccc(N4CCN(C5COC5)CC4)cc3)n2)cc1C#N.O=C1NCC[C@H]1F. The lowest BCUT2D eigenvalue weighted by atomic mass is 9.96. The normalized spacial score (nSPS) is 22.9. The second kappa shape index (κ2) is 15.4. The Morgan fingerprint density at radius 1 is 1.08 bits per heavy atom. The summed E-state index contributed by atoms with van der Waals surface area (Å²) in [5, 5.41) is 15.4. The van der Waals surface area contributed by atoms with Crippen LogP contribution in [0.1, 0.15) is 25.3 Å². The van der Waals surface area contributed by atoms with Crippen molar-refractivity contribution in [3.8, 4) is 23.2 Å². The fraction of sp³-hybridized carbons (Fsp3) is 0.471. The molecule has 1 aromatic heterocycles. The fourth-order valence-electron chi connectivity index (χ4n) is 6.17. The molecule has 3 atom stereocenters. The van der Waals surface area contributed by atoms with Gasteiger partial charge in [0.15, 0.2) is 12.0 Å². The van der Waals surface area contributed by atoms with Crippen LogP contribution in [0.25, 0.3) is 11.4 Å². The first kappa shape index (κ1) is 33.0. The van der Waals surface area contributed by atoms with E-state index in [1.807, 2.05) is 18.2 Å². The zero-order valence-electron chi connectivity index (χ0n) is 26.9. The number of hydrogen-bond acceptors (Lipinski definition) is 11. The second-order valence-electron chi connectivity index (χ2n) is 12.4. The topological polar surface area (TPSA) is 149 Å². The maximum atomic E-state index is 11.9. The number of amides is 2. The molecule has 4 saturated heterocycles. The van der Waals surface area contributed by atoms with Gasteiger partial charge >= 0.3 is 0 Å². The number of halogens is 1. The Hall–Kier alpha value is -4.87. The highest BCUT2D eigenvalue weighted by molar-refractivity contribution is 5.82. The number of alkyl halides is 1. The van der Waals surface area contributed by atoms with E-state index in [4.69, 9.17) is 9.47 Å². The predicted octanol–water partition coefficient (Wildman–Crippen LogP) is 2.76. The number of likely N-dealkylation sites (tertiary alicyclic amines) is 1. The number of benzene rings is 2. The van der Waals surface area contributed by atoms with Crippen LogP contribution in [0.4, 0.5) is 21.7 Å². The first-order valence-electron chi connectivity index (χ1n) is 16.4. The summed E-state index contributed by atoms with van der Waals surface area (Å²) in [5.74, 6) is 1.13. The van der Waals surface area contributed by atoms with Gasteiger partial charge in [-0.15, -0.1) is 0 Å². The summed E-state index contributed by atoms with van der Waals surface area (Å²) in [5.41, 5.74) is 3.20. The molecule has 4 aliphatic rings. The zero-order chi connectivity index (χ0) is 33.5. The van der Waals surface area contributed by atoms with Gasteiger partial charge in [0.05, 0.1) is 24.8 Å². The van der Waals surface area contributed by atoms with Crippen LogP contribution in [0.3, 0.4) is 0 Å². The van der Waals surface area contributed by atoms with E-state index in [1.54, 1.807) is 17.0 Å². The monoisotopic (exact) mass is 657 g/mol. The first-order valence-corrected chi connectivity index (χ1v) is 16.4. The molecule has 14 heteroatoms. The molecule has 0 saturated carbocycles. The zero-order valence-corrected chi connectivity index (χ0v) is 26.9. The van der Waals surface area contributed by atoms with Gasteiger partial charge in [0, 0.05) is 81.5 Å². The molecule has 0 spiro atoms. The van der Waals surface area contributed by atoms with Gasteiger partial charge in [-0.05, 0) is 42.5 Å². The Labute approximate surface area is 279 Å². The van der Waals surface area contributed by atoms with E-state index >= 15 is 0 Å². The van der Waals surface area contributed by atoms with Crippen LogP contribution < -0.4 is 20.3 Å². The number of aromatic nitrogens is 3. The van der Waals surface area contributed by atoms with E-state index in [-0.39, 0.29) is 12.0 Å². The number of ether oxygens (including phenoxy) is 2. The van der Waals surface area contributed by atoms with Crippen LogP contribution in [0.15, 0.2) is 48.8 Å². The van der Waals surface area contributed by atoms with Gasteiger partial charge in [-0.1, -0.05) is 6.92 Å². The Morgan fingerprint density at radius 3 is 2.48 bits per heavy atom. The van der Waals surface area contributed by atoms with Gasteiger partial charge in [-0.3, -0.25) is 14.5 Å². The molecule has 4 fully saturated rings. The lowest BCUT2D eigenvalue weighted by molar-refractivity contribution is -0.123. The van der Waals surface area contributed by atoms with E-state index in [2.05, 4.69) is 60.5 Å². The van der Waals surface area contributed by atoms with E-state index in [0.29, 0.717) is 60.7 Å². The highest BCUT2D eigenvalue weighted by Gasteiger charge is 2.29. The molecule has 0 unspecified atom stereocenters. The highest BCUT2D eigenvalue weighted by Crippen LogP contribution is 2.29. The van der Waals surface area contributed by atoms with Gasteiger partial charge in [0.2, 0.25) is 12.4 Å². The third-order valence-corrected chi connectivity index (χ3v) is 9.14. The largest absolute Gasteiger partial charge is 0.489 e. The number of nitriles is 1. The maximum absolute atomic E-state index is 11.9. The van der Waals surface area contributed by atoms with E-state index in [1.165, 1.54) is 12.0 Å². The molecular formula is C34H40FN9O4. The minimum Gasteiger partial charge on any atom is -0.489 e. The standard InChI is InChI=1S/C30H34N8O3.C4H6FNO/c1-21-16-36(20-39)9-8-27(21)41-28-7-2-22(14-23(28)15-31)29-32-19-33-30(35-29)34-24-3-5-25(6-4-24)37-10-12-38(13-11-37)26-17-40-18-26;5-3-1-2-6-4(3)7/h2-7,14,19-21,26-27H,8-13,16-18H2,1H3,(H,32,33,34,35);3H,1-2H2,(H,6,7)/t21-,27+;3-/m11/s1. The van der Waals surface area contributed by atoms with Gasteiger partial charge < -0.3 is 29.9 Å². The molecule has 13 nitrogen and oxygen atoms in total. The van der Waals surface area contributed by atoms with Crippen LogP contribution in [0, 0.1) is 17.2 Å². The van der Waals surface area contributed by atoms with Crippen LogP contribution in [0.5, 0.6) is 5.75 Å². The van der Waals surface area contributed by atoms with Crippen LogP contribution in [0.2, 0.25) is 0 Å². The number of rotatable bonds is 8. The number of anilines is 3. The summed E-state index contributed by atoms with van der Waals surface area (Å²) in [7, 11) is 0. The lowest BCUT2D eigenvalue weighted by Crippen LogP contribution is -2.56. The van der Waals surface area contributed by atoms with Crippen molar-refractivity contribution in [2.45, 2.75) is 38.1 Å². The van der Waals surface area contributed by atoms with Gasteiger partial charge in [-0.25, -0.2) is 14.4 Å². The van der Waals surface area contributed by atoms with E-state index in [9.17, 15) is 19.2 Å². The number of nitrogens with zero attached hydrogens (tertiary/aromatic N) is 7. The quantitative estimate of drug-likeness (QED) is 0.345. The number of piperazine rings is 1. The molecule has 0 radical (unpaired) electrons. The van der Waals surface area contributed by atoms with Crippen LogP contribution >= 0.6 is 0 Å². The van der Waals surface area contributed by atoms with E-state index < -0.39 is 12.1 Å². The van der Waals surface area contributed by atoms with Gasteiger partial charge in [-0.2, -0.15) is 10.2 Å². The minimum absolute atomic E-state index is 0.0597. The Kier molecular flexibility index (Phi) is 10.6. The fourth-order valence-corrected chi connectivity index (χ4v) is 6.17. The number of hydrogen-bond donors (Lipinski definition) is 2. The Morgan fingerprint density at radius 2 is 1.88 bits per heavy atom. The minimum atomic E-state index is -1.24. The molecular weight excluding hydrogens is 617 g/mol. The molecule has 48 heavy (non-hydrogen) atoms. The van der Waals surface area contributed by atoms with Crippen LogP contribution in [-0.2, 0) is 14.3 Å². The summed E-state index contributed by atoms with van der Waals surface area (Å²) in [6.45, 7) is 9.70. The van der Waals surface area contributed by atoms with Gasteiger partial charge in [0.1, 0.15) is 24.3 Å². The third kappa shape index (κ3) is 7.98.